The number of ether oxygens (including phenoxy) is 2. The number of hydrogen-bond donors (Lipinski definition) is 1. The summed E-state index contributed by atoms with van der Waals surface area (Å²) >= 11 is 3.27. The Labute approximate surface area is 125 Å². The van der Waals surface area contributed by atoms with Gasteiger partial charge in [-0.05, 0) is 45.8 Å². The zero-order chi connectivity index (χ0) is 14.5. The van der Waals surface area contributed by atoms with Crippen LogP contribution < -0.4 is 9.47 Å². The van der Waals surface area contributed by atoms with E-state index < -0.39 is 0 Å². The molecule has 0 aromatic heterocycles. The fourth-order valence-corrected chi connectivity index (χ4v) is 2.31. The molecule has 0 aliphatic heterocycles. The summed E-state index contributed by atoms with van der Waals surface area (Å²) in [6.45, 7) is 0.282. The molecule has 0 radical (unpaired) electrons. The van der Waals surface area contributed by atoms with Gasteiger partial charge in [0, 0.05) is 5.56 Å². The van der Waals surface area contributed by atoms with E-state index in [0.717, 1.165) is 11.3 Å². The third-order valence-corrected chi connectivity index (χ3v) is 3.29. The number of benzene rings is 2. The average molecular weight is 337 g/mol. The van der Waals surface area contributed by atoms with Gasteiger partial charge in [0.1, 0.15) is 18.6 Å². The van der Waals surface area contributed by atoms with E-state index in [1.54, 1.807) is 13.2 Å². The molecule has 0 saturated carbocycles. The standard InChI is InChI=1S/C15H13BrO4/c1-19-12-4-2-3-10(5-12)9-20-15-13(16)6-11(8-17)7-14(15)18/h2-8,18H,9H2,1H3. The topological polar surface area (TPSA) is 55.8 Å². The third-order valence-electron chi connectivity index (χ3n) is 2.70. The van der Waals surface area contributed by atoms with Gasteiger partial charge in [0.2, 0.25) is 0 Å². The van der Waals surface area contributed by atoms with Gasteiger partial charge in [-0.15, -0.1) is 0 Å². The number of methoxy groups -OCH3 is 1. The third kappa shape index (κ3) is 3.30. The fraction of sp³-hybridized carbons (Fsp3) is 0.133. The molecule has 2 aromatic carbocycles. The molecule has 0 aliphatic carbocycles. The Bertz CT molecular complexity index is 602. The zero-order valence-corrected chi connectivity index (χ0v) is 12.4. The summed E-state index contributed by atoms with van der Waals surface area (Å²) in [5, 5.41) is 9.84. The van der Waals surface area contributed by atoms with Gasteiger partial charge in [-0.25, -0.2) is 0 Å². The second-order valence-corrected chi connectivity index (χ2v) is 4.96. The Morgan fingerprint density at radius 2 is 2.10 bits per heavy atom. The van der Waals surface area contributed by atoms with Gasteiger partial charge in [-0.2, -0.15) is 0 Å². The van der Waals surface area contributed by atoms with Crippen LogP contribution >= 0.6 is 15.9 Å². The molecule has 0 spiro atoms. The van der Waals surface area contributed by atoms with Gasteiger partial charge < -0.3 is 14.6 Å². The summed E-state index contributed by atoms with van der Waals surface area (Å²) in [4.78, 5) is 10.7. The predicted molar refractivity (Wildman–Crippen MR) is 78.5 cm³/mol. The summed E-state index contributed by atoms with van der Waals surface area (Å²) in [5.41, 5.74) is 1.29. The van der Waals surface area contributed by atoms with Crippen LogP contribution in [-0.2, 0) is 6.61 Å². The smallest absolute Gasteiger partial charge is 0.175 e. The lowest BCUT2D eigenvalue weighted by Gasteiger charge is -2.11. The van der Waals surface area contributed by atoms with E-state index in [4.69, 9.17) is 9.47 Å². The minimum atomic E-state index is -0.0793. The molecule has 0 unspecified atom stereocenters. The van der Waals surface area contributed by atoms with Gasteiger partial charge in [-0.3, -0.25) is 4.79 Å². The van der Waals surface area contributed by atoms with Crippen molar-refractivity contribution in [3.05, 3.63) is 52.0 Å². The number of aromatic hydroxyl groups is 1. The molecule has 0 fully saturated rings. The van der Waals surface area contributed by atoms with Crippen molar-refractivity contribution in [2.45, 2.75) is 6.61 Å². The minimum Gasteiger partial charge on any atom is -0.504 e. The maximum absolute atomic E-state index is 10.7. The lowest BCUT2D eigenvalue weighted by Crippen LogP contribution is -1.97. The van der Waals surface area contributed by atoms with Gasteiger partial charge in [-0.1, -0.05) is 12.1 Å². The molecule has 104 valence electrons. The van der Waals surface area contributed by atoms with Crippen LogP contribution in [0.1, 0.15) is 15.9 Å². The van der Waals surface area contributed by atoms with E-state index in [0.29, 0.717) is 22.1 Å². The van der Waals surface area contributed by atoms with Crippen LogP contribution in [0.5, 0.6) is 17.2 Å². The number of carbonyl (C=O) groups excluding carboxylic acids is 1. The first-order chi connectivity index (χ1) is 9.63. The predicted octanol–water partition coefficient (Wildman–Crippen LogP) is 3.55. The highest BCUT2D eigenvalue weighted by Crippen LogP contribution is 2.36. The van der Waals surface area contributed by atoms with Crippen molar-refractivity contribution in [1.82, 2.24) is 0 Å². The summed E-state index contributed by atoms with van der Waals surface area (Å²) in [5.74, 6) is 0.966. The van der Waals surface area contributed by atoms with Crippen molar-refractivity contribution in [2.24, 2.45) is 0 Å². The first-order valence-electron chi connectivity index (χ1n) is 5.87. The highest BCUT2D eigenvalue weighted by molar-refractivity contribution is 9.10. The second-order valence-electron chi connectivity index (χ2n) is 4.11. The molecular weight excluding hydrogens is 324 g/mol. The normalized spacial score (nSPS) is 10.1. The average Bonchev–Trinajstić information content (AvgIpc) is 2.46. The molecule has 0 aliphatic rings. The highest BCUT2D eigenvalue weighted by atomic mass is 79.9. The molecule has 20 heavy (non-hydrogen) atoms. The lowest BCUT2D eigenvalue weighted by atomic mass is 10.2. The summed E-state index contributed by atoms with van der Waals surface area (Å²) in [6.07, 6.45) is 0.663. The van der Waals surface area contributed by atoms with E-state index in [1.165, 1.54) is 6.07 Å². The largest absolute Gasteiger partial charge is 0.504 e. The molecule has 0 amide bonds. The Kier molecular flexibility index (Phi) is 4.63. The summed E-state index contributed by atoms with van der Waals surface area (Å²) in [7, 11) is 1.60. The van der Waals surface area contributed by atoms with Crippen LogP contribution in [-0.4, -0.2) is 18.5 Å². The number of rotatable bonds is 5. The summed E-state index contributed by atoms with van der Waals surface area (Å²) in [6, 6.07) is 10.4. The van der Waals surface area contributed by atoms with E-state index in [9.17, 15) is 9.90 Å². The lowest BCUT2D eigenvalue weighted by molar-refractivity contribution is 0.112. The number of halogens is 1. The zero-order valence-electron chi connectivity index (χ0n) is 10.8. The van der Waals surface area contributed by atoms with E-state index in [-0.39, 0.29) is 12.4 Å². The highest BCUT2D eigenvalue weighted by Gasteiger charge is 2.10. The van der Waals surface area contributed by atoms with Crippen molar-refractivity contribution in [3.63, 3.8) is 0 Å². The van der Waals surface area contributed by atoms with Crippen LogP contribution in [0.25, 0.3) is 0 Å². The molecule has 2 rings (SSSR count). The number of hydrogen-bond acceptors (Lipinski definition) is 4. The molecule has 1 N–H and O–H groups in total. The quantitative estimate of drug-likeness (QED) is 0.848. The van der Waals surface area contributed by atoms with Crippen LogP contribution in [0, 0.1) is 0 Å². The minimum absolute atomic E-state index is 0.0793. The maximum atomic E-state index is 10.7. The van der Waals surface area contributed by atoms with Crippen molar-refractivity contribution < 1.29 is 19.4 Å². The van der Waals surface area contributed by atoms with Gasteiger partial charge in [0.05, 0.1) is 11.6 Å². The van der Waals surface area contributed by atoms with Crippen LogP contribution in [0.3, 0.4) is 0 Å². The first kappa shape index (κ1) is 14.4. The van der Waals surface area contributed by atoms with Crippen LogP contribution in [0.15, 0.2) is 40.9 Å². The SMILES string of the molecule is COc1cccc(COc2c(O)cc(C=O)cc2Br)c1. The van der Waals surface area contributed by atoms with Gasteiger partial charge in [0.15, 0.2) is 11.5 Å². The van der Waals surface area contributed by atoms with E-state index >= 15 is 0 Å². The molecule has 0 atom stereocenters. The van der Waals surface area contributed by atoms with Crippen LogP contribution in [0.4, 0.5) is 0 Å². The molecule has 2 aromatic rings. The molecule has 5 heteroatoms. The van der Waals surface area contributed by atoms with E-state index in [2.05, 4.69) is 15.9 Å². The number of phenols is 1. The molecule has 0 saturated heterocycles. The second kappa shape index (κ2) is 6.43. The van der Waals surface area contributed by atoms with Gasteiger partial charge in [0.25, 0.3) is 0 Å². The number of phenolic OH excluding ortho intramolecular Hbond substituents is 1. The maximum Gasteiger partial charge on any atom is 0.175 e. The number of aldehydes is 1. The molecule has 0 bridgehead atoms. The monoisotopic (exact) mass is 336 g/mol. The van der Waals surface area contributed by atoms with Gasteiger partial charge >= 0.3 is 0 Å². The molecule has 0 heterocycles. The number of carbonyl (C=O) groups is 1. The first-order valence-corrected chi connectivity index (χ1v) is 6.66. The Morgan fingerprint density at radius 1 is 1.30 bits per heavy atom. The summed E-state index contributed by atoms with van der Waals surface area (Å²) < 4.78 is 11.2. The fourth-order valence-electron chi connectivity index (χ4n) is 1.73. The van der Waals surface area contributed by atoms with Crippen molar-refractivity contribution in [1.29, 1.82) is 0 Å². The van der Waals surface area contributed by atoms with Crippen LogP contribution in [0.2, 0.25) is 0 Å². The molecule has 4 nitrogen and oxygen atoms in total. The Morgan fingerprint density at radius 3 is 2.75 bits per heavy atom. The van der Waals surface area contributed by atoms with E-state index in [1.807, 2.05) is 24.3 Å². The molecular formula is C15H13BrO4. The van der Waals surface area contributed by atoms with Crippen molar-refractivity contribution in [2.75, 3.05) is 7.11 Å². The van der Waals surface area contributed by atoms with Crippen molar-refractivity contribution in [3.8, 4) is 17.2 Å². The van der Waals surface area contributed by atoms with Crippen molar-refractivity contribution >= 4 is 22.2 Å². The Balaban J connectivity index is 2.16. The Hall–Kier alpha value is -2.01.